The molecule has 8 heteroatoms. The minimum absolute atomic E-state index is 0.000675. The van der Waals surface area contributed by atoms with E-state index in [1.807, 2.05) is 0 Å². The molecule has 0 radical (unpaired) electrons. The Morgan fingerprint density at radius 2 is 2.18 bits per heavy atom. The van der Waals surface area contributed by atoms with Gasteiger partial charge in [0.25, 0.3) is 5.91 Å². The van der Waals surface area contributed by atoms with Crippen molar-refractivity contribution in [3.05, 3.63) is 18.2 Å². The molecular formula is C14H17N3O5. The molecule has 1 unspecified atom stereocenters. The molecule has 1 aliphatic heterocycles. The van der Waals surface area contributed by atoms with Gasteiger partial charge < -0.3 is 25.8 Å². The Morgan fingerprint density at radius 1 is 1.41 bits per heavy atom. The Balaban J connectivity index is 1.88. The molecule has 3 amide bonds. The number of anilines is 2. The summed E-state index contributed by atoms with van der Waals surface area (Å²) < 4.78 is 5.41. The summed E-state index contributed by atoms with van der Waals surface area (Å²) in [5.74, 6) is -0.607. The van der Waals surface area contributed by atoms with E-state index >= 15 is 0 Å². The van der Waals surface area contributed by atoms with Gasteiger partial charge in [0, 0.05) is 18.7 Å². The number of ether oxygens (including phenoxy) is 1. The molecule has 4 N–H and O–H groups in total. The van der Waals surface area contributed by atoms with Crippen LogP contribution in [0.4, 0.5) is 16.2 Å². The number of amides is 3. The molecule has 1 heterocycles. The van der Waals surface area contributed by atoms with Crippen molar-refractivity contribution in [3.63, 3.8) is 0 Å². The number of hydrogen-bond acceptors (Lipinski definition) is 4. The van der Waals surface area contributed by atoms with E-state index in [0.717, 1.165) is 0 Å². The minimum Gasteiger partial charge on any atom is -0.481 e. The van der Waals surface area contributed by atoms with Gasteiger partial charge in [-0.25, -0.2) is 4.79 Å². The second-order valence-electron chi connectivity index (χ2n) is 4.84. The molecule has 0 aromatic heterocycles. The molecule has 22 heavy (non-hydrogen) atoms. The van der Waals surface area contributed by atoms with Crippen molar-refractivity contribution < 1.29 is 24.2 Å². The number of carboxylic acid groups (broad SMARTS) is 1. The topological polar surface area (TPSA) is 117 Å². The van der Waals surface area contributed by atoms with Crippen molar-refractivity contribution in [2.75, 3.05) is 17.2 Å². The number of hydrogen-bond donors (Lipinski definition) is 4. The first-order valence-corrected chi connectivity index (χ1v) is 6.84. The number of nitrogens with one attached hydrogen (secondary N) is 3. The van der Waals surface area contributed by atoms with Crippen LogP contribution in [0.3, 0.4) is 0 Å². The highest BCUT2D eigenvalue weighted by molar-refractivity contribution is 5.99. The first-order valence-electron chi connectivity index (χ1n) is 6.84. The number of carbonyl (C=O) groups excluding carboxylic acids is 2. The molecule has 1 aromatic carbocycles. The summed E-state index contributed by atoms with van der Waals surface area (Å²) in [6.45, 7) is 1.91. The molecule has 0 aliphatic carbocycles. The van der Waals surface area contributed by atoms with Crippen LogP contribution in [0.1, 0.15) is 19.8 Å². The summed E-state index contributed by atoms with van der Waals surface area (Å²) in [5.41, 5.74) is 0.986. The van der Waals surface area contributed by atoms with Gasteiger partial charge in [0.05, 0.1) is 5.69 Å². The molecule has 0 fully saturated rings. The third-order valence-corrected chi connectivity index (χ3v) is 3.02. The van der Waals surface area contributed by atoms with Gasteiger partial charge in [-0.15, -0.1) is 0 Å². The van der Waals surface area contributed by atoms with E-state index in [2.05, 4.69) is 16.0 Å². The highest BCUT2D eigenvalue weighted by Crippen LogP contribution is 2.32. The Hall–Kier alpha value is -2.77. The molecular weight excluding hydrogens is 290 g/mol. The third kappa shape index (κ3) is 4.11. The average molecular weight is 307 g/mol. The summed E-state index contributed by atoms with van der Waals surface area (Å²) in [6.07, 6.45) is -0.195. The highest BCUT2D eigenvalue weighted by atomic mass is 16.5. The Bertz CT molecular complexity index is 602. The van der Waals surface area contributed by atoms with Gasteiger partial charge in [-0.1, -0.05) is 0 Å². The van der Waals surface area contributed by atoms with Crippen molar-refractivity contribution in [1.29, 1.82) is 0 Å². The van der Waals surface area contributed by atoms with Crippen LogP contribution in [0.2, 0.25) is 0 Å². The van der Waals surface area contributed by atoms with E-state index in [-0.39, 0.29) is 18.9 Å². The lowest BCUT2D eigenvalue weighted by atomic mass is 10.2. The summed E-state index contributed by atoms with van der Waals surface area (Å²) in [4.78, 5) is 33.5. The first-order chi connectivity index (χ1) is 10.5. The van der Waals surface area contributed by atoms with Crippen molar-refractivity contribution in [1.82, 2.24) is 5.32 Å². The number of aliphatic carboxylic acids is 1. The standard InChI is InChI=1S/C14H17N3O5/c1-8-13(20)17-10-7-9(4-5-11(10)22-8)16-14(21)15-6-2-3-12(18)19/h4-5,7-8H,2-3,6H2,1H3,(H,17,20)(H,18,19)(H2,15,16,21). The number of carbonyl (C=O) groups is 3. The molecule has 0 saturated carbocycles. The molecule has 0 spiro atoms. The summed E-state index contributed by atoms with van der Waals surface area (Å²) in [5, 5.41) is 16.3. The number of urea groups is 1. The smallest absolute Gasteiger partial charge is 0.319 e. The predicted molar refractivity (Wildman–Crippen MR) is 79.1 cm³/mol. The molecule has 0 saturated heterocycles. The van der Waals surface area contributed by atoms with E-state index in [9.17, 15) is 14.4 Å². The zero-order chi connectivity index (χ0) is 16.1. The maximum atomic E-state index is 11.7. The van der Waals surface area contributed by atoms with E-state index in [0.29, 0.717) is 23.5 Å². The van der Waals surface area contributed by atoms with Gasteiger partial charge in [-0.3, -0.25) is 9.59 Å². The molecule has 118 valence electrons. The summed E-state index contributed by atoms with van der Waals surface area (Å²) in [7, 11) is 0. The highest BCUT2D eigenvalue weighted by Gasteiger charge is 2.23. The first kappa shape index (κ1) is 15.6. The lowest BCUT2D eigenvalue weighted by molar-refractivity contribution is -0.137. The zero-order valence-electron chi connectivity index (χ0n) is 12.0. The van der Waals surface area contributed by atoms with E-state index in [4.69, 9.17) is 9.84 Å². The van der Waals surface area contributed by atoms with E-state index < -0.39 is 18.1 Å². The molecule has 8 nitrogen and oxygen atoms in total. The van der Waals surface area contributed by atoms with Crippen molar-refractivity contribution in [2.45, 2.75) is 25.9 Å². The number of benzene rings is 1. The van der Waals surface area contributed by atoms with Crippen molar-refractivity contribution in [3.8, 4) is 5.75 Å². The van der Waals surface area contributed by atoms with Gasteiger partial charge in [0.15, 0.2) is 6.10 Å². The quantitative estimate of drug-likeness (QED) is 0.613. The average Bonchev–Trinajstić information content (AvgIpc) is 2.45. The van der Waals surface area contributed by atoms with Crippen LogP contribution in [0.15, 0.2) is 18.2 Å². The number of rotatable bonds is 5. The Labute approximate surface area is 126 Å². The molecule has 1 aliphatic rings. The Kier molecular flexibility index (Phi) is 4.82. The fourth-order valence-electron chi connectivity index (χ4n) is 1.90. The number of fused-ring (bicyclic) bond motifs is 1. The molecule has 0 bridgehead atoms. The number of carboxylic acids is 1. The van der Waals surface area contributed by atoms with Crippen LogP contribution in [0, 0.1) is 0 Å². The molecule has 1 atom stereocenters. The van der Waals surface area contributed by atoms with Crippen LogP contribution in [0.5, 0.6) is 5.75 Å². The van der Waals surface area contributed by atoms with Crippen molar-refractivity contribution >= 4 is 29.3 Å². The lowest BCUT2D eigenvalue weighted by Crippen LogP contribution is -2.34. The minimum atomic E-state index is -0.901. The SMILES string of the molecule is CC1Oc2ccc(NC(=O)NCCCC(=O)O)cc2NC1=O. The van der Waals surface area contributed by atoms with Crippen molar-refractivity contribution in [2.24, 2.45) is 0 Å². The second-order valence-corrected chi connectivity index (χ2v) is 4.84. The third-order valence-electron chi connectivity index (χ3n) is 3.02. The van der Waals surface area contributed by atoms with Gasteiger partial charge in [-0.05, 0) is 31.5 Å². The summed E-state index contributed by atoms with van der Waals surface area (Å²) >= 11 is 0. The maximum Gasteiger partial charge on any atom is 0.319 e. The van der Waals surface area contributed by atoms with Gasteiger partial charge in [0.1, 0.15) is 5.75 Å². The van der Waals surface area contributed by atoms with Crippen LogP contribution >= 0.6 is 0 Å². The normalized spacial score (nSPS) is 16.0. The van der Waals surface area contributed by atoms with E-state index in [1.165, 1.54) is 0 Å². The largest absolute Gasteiger partial charge is 0.481 e. The Morgan fingerprint density at radius 3 is 2.91 bits per heavy atom. The monoisotopic (exact) mass is 307 g/mol. The van der Waals surface area contributed by atoms with Crippen LogP contribution < -0.4 is 20.7 Å². The van der Waals surface area contributed by atoms with Crippen LogP contribution in [-0.4, -0.2) is 35.7 Å². The molecule has 1 aromatic rings. The van der Waals surface area contributed by atoms with E-state index in [1.54, 1.807) is 25.1 Å². The maximum absolute atomic E-state index is 11.7. The van der Waals surface area contributed by atoms with Crippen LogP contribution in [-0.2, 0) is 9.59 Å². The van der Waals surface area contributed by atoms with Gasteiger partial charge >= 0.3 is 12.0 Å². The van der Waals surface area contributed by atoms with Gasteiger partial charge in [-0.2, -0.15) is 0 Å². The zero-order valence-corrected chi connectivity index (χ0v) is 12.0. The molecule has 2 rings (SSSR count). The fourth-order valence-corrected chi connectivity index (χ4v) is 1.90. The van der Waals surface area contributed by atoms with Crippen LogP contribution in [0.25, 0.3) is 0 Å². The van der Waals surface area contributed by atoms with Gasteiger partial charge in [0.2, 0.25) is 0 Å². The predicted octanol–water partition coefficient (Wildman–Crippen LogP) is 1.39. The lowest BCUT2D eigenvalue weighted by Gasteiger charge is -2.23. The second kappa shape index (κ2) is 6.79. The fraction of sp³-hybridized carbons (Fsp3) is 0.357. The summed E-state index contributed by atoms with van der Waals surface area (Å²) in [6, 6.07) is 4.46.